The van der Waals surface area contributed by atoms with Crippen LogP contribution < -0.4 is 19.1 Å². The van der Waals surface area contributed by atoms with E-state index in [-0.39, 0.29) is 35.4 Å². The Labute approximate surface area is 336 Å². The molecule has 0 saturated carbocycles. The molecule has 3 aliphatic rings. The van der Waals surface area contributed by atoms with Gasteiger partial charge in [0.25, 0.3) is 0 Å². The van der Waals surface area contributed by atoms with Gasteiger partial charge in [0.1, 0.15) is 22.8 Å². The van der Waals surface area contributed by atoms with E-state index < -0.39 is 15.6 Å². The number of carbonyl (C=O) groups is 1. The Morgan fingerprint density at radius 1 is 0.929 bits per heavy atom. The molecule has 2 heterocycles. The standard InChI is InChI=1S/C44H52ClN3O7S/c1-43(2,3)55-42(49)46-22-20-33(25-46)26-47-29-44(21-6-7-34-23-35(45)12-18-39(34)44)30-54-41-19-17-38(24-40(41)47)56(50,51)48(27-31-8-13-36(52-4)14-9-31)28-32-10-15-37(53-5)16-11-32/h8-19,23-24,33H,6-7,20-22,25-30H2,1-5H3/t33?,44-/m0/s1. The van der Waals surface area contributed by atoms with Crippen LogP contribution in [0.25, 0.3) is 0 Å². The van der Waals surface area contributed by atoms with Crippen LogP contribution >= 0.6 is 11.6 Å². The van der Waals surface area contributed by atoms with Gasteiger partial charge in [0.05, 0.1) is 31.4 Å². The van der Waals surface area contributed by atoms with Crippen molar-refractivity contribution in [3.05, 3.63) is 112 Å². The highest BCUT2D eigenvalue weighted by molar-refractivity contribution is 7.89. The Morgan fingerprint density at radius 3 is 2.21 bits per heavy atom. The minimum absolute atomic E-state index is 0.140. The van der Waals surface area contributed by atoms with Crippen molar-refractivity contribution >= 4 is 33.4 Å². The molecule has 0 aromatic heterocycles. The molecule has 1 saturated heterocycles. The fraction of sp³-hybridized carbons (Fsp3) is 0.432. The summed E-state index contributed by atoms with van der Waals surface area (Å²) in [5.74, 6) is 2.17. The summed E-state index contributed by atoms with van der Waals surface area (Å²) in [5, 5.41) is 0.715. The summed E-state index contributed by atoms with van der Waals surface area (Å²) in [5.41, 5.74) is 3.92. The van der Waals surface area contributed by atoms with Gasteiger partial charge in [-0.15, -0.1) is 0 Å². The SMILES string of the molecule is COc1ccc(CN(Cc2ccc(OC)cc2)S(=O)(=O)c2ccc3c(c2)N(CC2CCN(C(=O)OC(C)(C)C)C2)C[C@@]2(CCCc4cc(Cl)ccc42)CO3)cc1. The van der Waals surface area contributed by atoms with Crippen LogP contribution in [0.5, 0.6) is 17.2 Å². The number of ether oxygens (including phenoxy) is 4. The summed E-state index contributed by atoms with van der Waals surface area (Å²) in [6.45, 7) is 8.79. The third-order valence-electron chi connectivity index (χ3n) is 11.1. The van der Waals surface area contributed by atoms with Gasteiger partial charge < -0.3 is 28.7 Å². The molecule has 1 aliphatic carbocycles. The number of hydrogen-bond acceptors (Lipinski definition) is 8. The number of likely N-dealkylation sites (tertiary alicyclic amines) is 1. The second kappa shape index (κ2) is 16.2. The van der Waals surface area contributed by atoms with Crippen molar-refractivity contribution in [1.29, 1.82) is 0 Å². The van der Waals surface area contributed by atoms with Gasteiger partial charge in [0.2, 0.25) is 10.0 Å². The van der Waals surface area contributed by atoms with Crippen molar-refractivity contribution in [2.45, 2.75) is 75.5 Å². The van der Waals surface area contributed by atoms with Crippen molar-refractivity contribution in [3.8, 4) is 17.2 Å². The number of sulfonamides is 1. The average Bonchev–Trinajstić information content (AvgIpc) is 3.59. The minimum atomic E-state index is -4.04. The van der Waals surface area contributed by atoms with E-state index in [0.717, 1.165) is 42.5 Å². The second-order valence-electron chi connectivity index (χ2n) is 16.3. The number of amides is 1. The van der Waals surface area contributed by atoms with Crippen LogP contribution in [0.3, 0.4) is 0 Å². The maximum atomic E-state index is 14.9. The second-order valence-corrected chi connectivity index (χ2v) is 18.7. The number of nitrogens with zero attached hydrogens (tertiary/aromatic N) is 3. The monoisotopic (exact) mass is 801 g/mol. The molecule has 7 rings (SSSR count). The van der Waals surface area contributed by atoms with E-state index in [0.29, 0.717) is 55.1 Å². The summed E-state index contributed by atoms with van der Waals surface area (Å²) in [7, 11) is -0.832. The number of benzene rings is 4. The van der Waals surface area contributed by atoms with Gasteiger partial charge in [-0.25, -0.2) is 13.2 Å². The van der Waals surface area contributed by atoms with Gasteiger partial charge in [-0.1, -0.05) is 41.9 Å². The Kier molecular flexibility index (Phi) is 11.5. The molecule has 1 fully saturated rings. The molecule has 1 unspecified atom stereocenters. The topological polar surface area (TPSA) is 97.9 Å². The number of aryl methyl sites for hydroxylation is 1. The zero-order chi connectivity index (χ0) is 39.7. The van der Waals surface area contributed by atoms with Crippen molar-refractivity contribution < 1.29 is 32.2 Å². The summed E-state index contributed by atoms with van der Waals surface area (Å²) in [6, 6.07) is 26.3. The first-order valence-corrected chi connectivity index (χ1v) is 21.1. The first-order chi connectivity index (χ1) is 26.7. The number of carbonyl (C=O) groups excluding carboxylic acids is 1. The molecule has 4 aromatic carbocycles. The molecule has 10 nitrogen and oxygen atoms in total. The number of methoxy groups -OCH3 is 2. The third kappa shape index (κ3) is 8.75. The van der Waals surface area contributed by atoms with E-state index in [1.54, 1.807) is 37.3 Å². The minimum Gasteiger partial charge on any atom is -0.497 e. The highest BCUT2D eigenvalue weighted by Gasteiger charge is 2.43. The number of fused-ring (bicyclic) bond motifs is 3. The molecule has 2 atom stereocenters. The van der Waals surface area contributed by atoms with Crippen molar-refractivity contribution in [3.63, 3.8) is 0 Å². The number of hydrogen-bond donors (Lipinski definition) is 0. The lowest BCUT2D eigenvalue weighted by Gasteiger charge is -2.41. The van der Waals surface area contributed by atoms with Crippen LogP contribution in [-0.4, -0.2) is 76.3 Å². The fourth-order valence-electron chi connectivity index (χ4n) is 8.28. The van der Waals surface area contributed by atoms with Gasteiger partial charge in [-0.3, -0.25) is 0 Å². The number of halogens is 1. The molecule has 56 heavy (non-hydrogen) atoms. The van der Waals surface area contributed by atoms with E-state index in [9.17, 15) is 13.2 Å². The molecule has 0 N–H and O–H groups in total. The van der Waals surface area contributed by atoms with E-state index in [1.165, 1.54) is 15.4 Å². The number of rotatable bonds is 10. The quantitative estimate of drug-likeness (QED) is 0.158. The van der Waals surface area contributed by atoms with Crippen LogP contribution in [0, 0.1) is 5.92 Å². The largest absolute Gasteiger partial charge is 0.497 e. The Morgan fingerprint density at radius 2 is 1.59 bits per heavy atom. The third-order valence-corrected chi connectivity index (χ3v) is 13.1. The van der Waals surface area contributed by atoms with Crippen LogP contribution in [0.1, 0.15) is 62.3 Å². The van der Waals surface area contributed by atoms with Crippen molar-refractivity contribution in [2.75, 3.05) is 51.9 Å². The summed E-state index contributed by atoms with van der Waals surface area (Å²) in [6.07, 6.45) is 3.35. The maximum absolute atomic E-state index is 14.9. The van der Waals surface area contributed by atoms with Gasteiger partial charge in [-0.05, 0) is 129 Å². The first kappa shape index (κ1) is 39.8. The van der Waals surface area contributed by atoms with Crippen molar-refractivity contribution in [1.82, 2.24) is 9.21 Å². The molecule has 298 valence electrons. The van der Waals surface area contributed by atoms with E-state index >= 15 is 0 Å². The smallest absolute Gasteiger partial charge is 0.410 e. The zero-order valence-corrected chi connectivity index (χ0v) is 34.5. The molecular formula is C44H52ClN3O7S. The van der Waals surface area contributed by atoms with Crippen LogP contribution in [0.4, 0.5) is 10.5 Å². The van der Waals surface area contributed by atoms with Gasteiger partial charge in [0.15, 0.2) is 0 Å². The molecule has 2 aliphatic heterocycles. The summed E-state index contributed by atoms with van der Waals surface area (Å²) >= 11 is 6.49. The first-order valence-electron chi connectivity index (χ1n) is 19.3. The predicted octanol–water partition coefficient (Wildman–Crippen LogP) is 8.48. The lowest BCUT2D eigenvalue weighted by Crippen LogP contribution is -2.47. The Hall–Kier alpha value is -4.45. The van der Waals surface area contributed by atoms with E-state index in [4.69, 9.17) is 30.5 Å². The number of anilines is 1. The average molecular weight is 802 g/mol. The molecule has 0 bridgehead atoms. The van der Waals surface area contributed by atoms with Crippen LogP contribution in [-0.2, 0) is 39.7 Å². The molecular weight excluding hydrogens is 750 g/mol. The molecule has 4 aromatic rings. The van der Waals surface area contributed by atoms with Gasteiger partial charge in [-0.2, -0.15) is 4.31 Å². The Bertz CT molecular complexity index is 2090. The molecule has 1 spiro atoms. The molecule has 0 radical (unpaired) electrons. The predicted molar refractivity (Wildman–Crippen MR) is 219 cm³/mol. The van der Waals surface area contributed by atoms with Gasteiger partial charge in [0, 0.05) is 49.7 Å². The van der Waals surface area contributed by atoms with Crippen LogP contribution in [0.15, 0.2) is 89.8 Å². The Balaban J connectivity index is 1.25. The molecule has 12 heteroatoms. The summed E-state index contributed by atoms with van der Waals surface area (Å²) < 4.78 is 54.4. The fourth-order valence-corrected chi connectivity index (χ4v) is 9.92. The van der Waals surface area contributed by atoms with E-state index in [2.05, 4.69) is 17.0 Å². The maximum Gasteiger partial charge on any atom is 0.410 e. The summed E-state index contributed by atoms with van der Waals surface area (Å²) in [4.78, 5) is 17.4. The molecule has 1 amide bonds. The normalized spacial score (nSPS) is 19.6. The van der Waals surface area contributed by atoms with E-state index in [1.807, 2.05) is 75.4 Å². The highest BCUT2D eigenvalue weighted by atomic mass is 35.5. The van der Waals surface area contributed by atoms with Gasteiger partial charge >= 0.3 is 6.09 Å². The highest BCUT2D eigenvalue weighted by Crippen LogP contribution is 2.45. The zero-order valence-electron chi connectivity index (χ0n) is 32.9. The lowest BCUT2D eigenvalue weighted by molar-refractivity contribution is 0.0288. The lowest BCUT2D eigenvalue weighted by atomic mass is 9.70. The van der Waals surface area contributed by atoms with Crippen LogP contribution in [0.2, 0.25) is 5.02 Å². The van der Waals surface area contributed by atoms with Crippen molar-refractivity contribution in [2.24, 2.45) is 5.92 Å².